The van der Waals surface area contributed by atoms with E-state index in [9.17, 15) is 9.59 Å². The lowest BCUT2D eigenvalue weighted by molar-refractivity contribution is -0.118. The molecule has 0 aliphatic carbocycles. The van der Waals surface area contributed by atoms with Crippen molar-refractivity contribution in [1.29, 1.82) is 0 Å². The van der Waals surface area contributed by atoms with E-state index >= 15 is 0 Å². The number of amides is 2. The van der Waals surface area contributed by atoms with E-state index in [-0.39, 0.29) is 18.4 Å². The summed E-state index contributed by atoms with van der Waals surface area (Å²) in [7, 11) is 1.71. The number of nitrogens with zero attached hydrogens (tertiary/aromatic N) is 1. The predicted octanol–water partition coefficient (Wildman–Crippen LogP) is 3.01. The van der Waals surface area contributed by atoms with Gasteiger partial charge in [-0.2, -0.15) is 0 Å². The maximum absolute atomic E-state index is 12.6. The van der Waals surface area contributed by atoms with Crippen LogP contribution in [0.1, 0.15) is 22.3 Å². The van der Waals surface area contributed by atoms with E-state index in [1.165, 1.54) is 0 Å². The molecule has 1 atom stereocenters. The molecule has 0 fully saturated rings. The van der Waals surface area contributed by atoms with Gasteiger partial charge in [0.1, 0.15) is 0 Å². The summed E-state index contributed by atoms with van der Waals surface area (Å²) in [6, 6.07) is 16.6. The van der Waals surface area contributed by atoms with Gasteiger partial charge in [0.25, 0.3) is 5.91 Å². The van der Waals surface area contributed by atoms with E-state index in [1.807, 2.05) is 42.5 Å². The summed E-state index contributed by atoms with van der Waals surface area (Å²) >= 11 is 3.35. The normalized spacial score (nSPS) is 11.7. The van der Waals surface area contributed by atoms with Crippen molar-refractivity contribution in [1.82, 2.24) is 4.90 Å². The van der Waals surface area contributed by atoms with Gasteiger partial charge >= 0.3 is 0 Å². The van der Waals surface area contributed by atoms with Crippen LogP contribution in [-0.2, 0) is 11.2 Å². The highest BCUT2D eigenvalue weighted by atomic mass is 79.9. The van der Waals surface area contributed by atoms with E-state index in [0.717, 1.165) is 10.0 Å². The maximum Gasteiger partial charge on any atom is 0.253 e. The molecule has 2 rings (SSSR count). The van der Waals surface area contributed by atoms with Gasteiger partial charge in [0.2, 0.25) is 5.91 Å². The highest BCUT2D eigenvalue weighted by Gasteiger charge is 2.23. The van der Waals surface area contributed by atoms with Crippen molar-refractivity contribution >= 4 is 27.7 Å². The Labute approximate surface area is 144 Å². The van der Waals surface area contributed by atoms with E-state index in [1.54, 1.807) is 24.1 Å². The molecule has 0 spiro atoms. The molecule has 2 aromatic carbocycles. The van der Waals surface area contributed by atoms with Crippen molar-refractivity contribution in [2.45, 2.75) is 18.9 Å². The molecule has 2 amide bonds. The SMILES string of the molecule is CN(C(=O)c1ccc(Br)cc1)[C@H](CC(N)=O)Cc1ccccc1. The lowest BCUT2D eigenvalue weighted by atomic mass is 10.0. The number of nitrogens with two attached hydrogens (primary N) is 1. The highest BCUT2D eigenvalue weighted by Crippen LogP contribution is 2.16. The second-order valence-corrected chi connectivity index (χ2v) is 6.35. The Morgan fingerprint density at radius 1 is 1.09 bits per heavy atom. The molecule has 0 saturated carbocycles. The van der Waals surface area contributed by atoms with Crippen molar-refractivity contribution in [2.75, 3.05) is 7.05 Å². The molecule has 0 heterocycles. The van der Waals surface area contributed by atoms with E-state index < -0.39 is 5.91 Å². The van der Waals surface area contributed by atoms with Gasteiger partial charge < -0.3 is 10.6 Å². The van der Waals surface area contributed by atoms with E-state index in [2.05, 4.69) is 15.9 Å². The van der Waals surface area contributed by atoms with Crippen molar-refractivity contribution in [2.24, 2.45) is 5.73 Å². The zero-order valence-corrected chi connectivity index (χ0v) is 14.5. The van der Waals surface area contributed by atoms with Gasteiger partial charge in [-0.3, -0.25) is 9.59 Å². The number of likely N-dealkylation sites (N-methyl/N-ethyl adjacent to an activating group) is 1. The van der Waals surface area contributed by atoms with Crippen LogP contribution in [0.3, 0.4) is 0 Å². The summed E-state index contributed by atoms with van der Waals surface area (Å²) in [5.41, 5.74) is 7.01. The Morgan fingerprint density at radius 2 is 1.70 bits per heavy atom. The van der Waals surface area contributed by atoms with E-state index in [4.69, 9.17) is 5.73 Å². The first-order valence-corrected chi connectivity index (χ1v) is 8.11. The average molecular weight is 375 g/mol. The molecule has 0 saturated heterocycles. The minimum Gasteiger partial charge on any atom is -0.370 e. The van der Waals surface area contributed by atoms with Gasteiger partial charge in [0.05, 0.1) is 0 Å². The first-order valence-electron chi connectivity index (χ1n) is 7.32. The third-order valence-electron chi connectivity index (χ3n) is 3.71. The number of primary amides is 1. The van der Waals surface area contributed by atoms with Crippen LogP contribution in [0.5, 0.6) is 0 Å². The van der Waals surface area contributed by atoms with Crippen molar-refractivity contribution in [3.63, 3.8) is 0 Å². The number of carbonyl (C=O) groups excluding carboxylic acids is 2. The first-order chi connectivity index (χ1) is 11.0. The molecule has 0 unspecified atom stereocenters. The molecular weight excluding hydrogens is 356 g/mol. The Balaban J connectivity index is 2.18. The Kier molecular flexibility index (Phi) is 5.93. The van der Waals surface area contributed by atoms with Gasteiger partial charge in [-0.05, 0) is 36.2 Å². The molecule has 23 heavy (non-hydrogen) atoms. The molecule has 0 radical (unpaired) electrons. The van der Waals surface area contributed by atoms with Gasteiger partial charge in [0, 0.05) is 29.5 Å². The zero-order valence-electron chi connectivity index (χ0n) is 12.9. The number of carbonyl (C=O) groups is 2. The van der Waals surface area contributed by atoms with Crippen LogP contribution in [0.4, 0.5) is 0 Å². The fourth-order valence-electron chi connectivity index (χ4n) is 2.43. The number of rotatable bonds is 6. The second kappa shape index (κ2) is 7.92. The second-order valence-electron chi connectivity index (χ2n) is 5.44. The molecule has 4 nitrogen and oxygen atoms in total. The molecule has 2 aromatic rings. The highest BCUT2D eigenvalue weighted by molar-refractivity contribution is 9.10. The minimum atomic E-state index is -0.415. The van der Waals surface area contributed by atoms with Gasteiger partial charge in [0.15, 0.2) is 0 Å². The summed E-state index contributed by atoms with van der Waals surface area (Å²) in [5, 5.41) is 0. The molecule has 0 aliphatic heterocycles. The number of hydrogen-bond donors (Lipinski definition) is 1. The quantitative estimate of drug-likeness (QED) is 0.844. The minimum absolute atomic E-state index is 0.125. The van der Waals surface area contributed by atoms with Crippen LogP contribution in [0.25, 0.3) is 0 Å². The standard InChI is InChI=1S/C18H19BrN2O2/c1-21(18(23)14-7-9-15(19)10-8-14)16(12-17(20)22)11-13-5-3-2-4-6-13/h2-10,16H,11-12H2,1H3,(H2,20,22)/t16-/m0/s1. The average Bonchev–Trinajstić information content (AvgIpc) is 2.54. The molecule has 5 heteroatoms. The van der Waals surface area contributed by atoms with Gasteiger partial charge in [-0.15, -0.1) is 0 Å². The van der Waals surface area contributed by atoms with Crippen LogP contribution in [0.15, 0.2) is 59.1 Å². The predicted molar refractivity (Wildman–Crippen MR) is 94.0 cm³/mol. The summed E-state index contributed by atoms with van der Waals surface area (Å²) in [4.78, 5) is 25.6. The Hall–Kier alpha value is -2.14. The van der Waals surface area contributed by atoms with E-state index in [0.29, 0.717) is 12.0 Å². The van der Waals surface area contributed by atoms with Crippen LogP contribution in [-0.4, -0.2) is 29.8 Å². The van der Waals surface area contributed by atoms with Crippen molar-refractivity contribution in [3.05, 3.63) is 70.2 Å². The topological polar surface area (TPSA) is 63.4 Å². The lowest BCUT2D eigenvalue weighted by Crippen LogP contribution is -2.41. The summed E-state index contributed by atoms with van der Waals surface area (Å²) in [5.74, 6) is -0.541. The third-order valence-corrected chi connectivity index (χ3v) is 4.24. The van der Waals surface area contributed by atoms with Gasteiger partial charge in [-0.1, -0.05) is 46.3 Å². The van der Waals surface area contributed by atoms with Gasteiger partial charge in [-0.25, -0.2) is 0 Å². The van der Waals surface area contributed by atoms with Crippen LogP contribution in [0, 0.1) is 0 Å². The lowest BCUT2D eigenvalue weighted by Gasteiger charge is -2.27. The molecule has 2 N–H and O–H groups in total. The number of hydrogen-bond acceptors (Lipinski definition) is 2. The van der Waals surface area contributed by atoms with Crippen LogP contribution >= 0.6 is 15.9 Å². The van der Waals surface area contributed by atoms with Crippen molar-refractivity contribution in [3.8, 4) is 0 Å². The zero-order chi connectivity index (χ0) is 16.8. The summed E-state index contributed by atoms with van der Waals surface area (Å²) in [6.45, 7) is 0. The third kappa shape index (κ3) is 4.93. The molecular formula is C18H19BrN2O2. The Morgan fingerprint density at radius 3 is 2.26 bits per heavy atom. The van der Waals surface area contributed by atoms with Crippen molar-refractivity contribution < 1.29 is 9.59 Å². The molecule has 0 bridgehead atoms. The number of benzene rings is 2. The number of halogens is 1. The molecule has 0 aliphatic rings. The largest absolute Gasteiger partial charge is 0.370 e. The molecule has 120 valence electrons. The summed E-state index contributed by atoms with van der Waals surface area (Å²) < 4.78 is 0.912. The Bertz CT molecular complexity index is 671. The monoisotopic (exact) mass is 374 g/mol. The fourth-order valence-corrected chi connectivity index (χ4v) is 2.69. The first kappa shape index (κ1) is 17.2. The van der Waals surface area contributed by atoms with Crippen LogP contribution in [0.2, 0.25) is 0 Å². The maximum atomic E-state index is 12.6. The fraction of sp³-hybridized carbons (Fsp3) is 0.222. The van der Waals surface area contributed by atoms with Crippen LogP contribution < -0.4 is 5.73 Å². The molecule has 0 aromatic heterocycles. The smallest absolute Gasteiger partial charge is 0.253 e. The summed E-state index contributed by atoms with van der Waals surface area (Å²) in [6.07, 6.45) is 0.718.